The molecule has 16 heavy (non-hydrogen) atoms. The lowest BCUT2D eigenvalue weighted by Crippen LogP contribution is -2.21. The SMILES string of the molecule is CC(Cn1ccnc1)Nc1ccncc1Br. The molecule has 2 aromatic rings. The van der Waals surface area contributed by atoms with Gasteiger partial charge in [0.2, 0.25) is 0 Å². The van der Waals surface area contributed by atoms with Gasteiger partial charge in [-0.3, -0.25) is 4.98 Å². The average molecular weight is 281 g/mol. The summed E-state index contributed by atoms with van der Waals surface area (Å²) in [5, 5.41) is 3.41. The van der Waals surface area contributed by atoms with Gasteiger partial charge in [-0.25, -0.2) is 4.98 Å². The van der Waals surface area contributed by atoms with Crippen LogP contribution in [0.4, 0.5) is 5.69 Å². The maximum Gasteiger partial charge on any atom is 0.0946 e. The Hall–Kier alpha value is -1.36. The topological polar surface area (TPSA) is 42.7 Å². The number of nitrogens with zero attached hydrogens (tertiary/aromatic N) is 3. The summed E-state index contributed by atoms with van der Waals surface area (Å²) in [6.45, 7) is 3.02. The van der Waals surface area contributed by atoms with Crippen LogP contribution in [0.1, 0.15) is 6.92 Å². The number of rotatable bonds is 4. The molecule has 0 aromatic carbocycles. The van der Waals surface area contributed by atoms with Crippen LogP contribution in [-0.4, -0.2) is 20.6 Å². The molecule has 0 spiro atoms. The molecule has 2 rings (SSSR count). The maximum absolute atomic E-state index is 4.03. The standard InChI is InChI=1S/C11H13BrN4/c1-9(7-16-5-4-14-8-16)15-11-2-3-13-6-10(11)12/h2-6,8-9H,7H2,1H3,(H,13,15). The van der Waals surface area contributed by atoms with Gasteiger partial charge in [0.25, 0.3) is 0 Å². The zero-order valence-electron chi connectivity index (χ0n) is 8.97. The van der Waals surface area contributed by atoms with Gasteiger partial charge in [0.05, 0.1) is 16.5 Å². The molecule has 1 atom stereocenters. The van der Waals surface area contributed by atoms with E-state index in [1.54, 1.807) is 18.6 Å². The molecule has 1 N–H and O–H groups in total. The minimum absolute atomic E-state index is 0.327. The van der Waals surface area contributed by atoms with Crippen molar-refractivity contribution in [2.24, 2.45) is 0 Å². The molecule has 0 fully saturated rings. The predicted octanol–water partition coefficient (Wildman–Crippen LogP) is 2.54. The van der Waals surface area contributed by atoms with E-state index in [0.717, 1.165) is 16.7 Å². The van der Waals surface area contributed by atoms with Crippen molar-refractivity contribution in [1.29, 1.82) is 0 Å². The summed E-state index contributed by atoms with van der Waals surface area (Å²) in [5.41, 5.74) is 1.06. The van der Waals surface area contributed by atoms with Gasteiger partial charge in [0, 0.05) is 37.4 Å². The monoisotopic (exact) mass is 280 g/mol. The number of aromatic nitrogens is 3. The summed E-state index contributed by atoms with van der Waals surface area (Å²) >= 11 is 3.46. The second-order valence-corrected chi connectivity index (χ2v) is 4.51. The number of pyridine rings is 1. The number of nitrogens with one attached hydrogen (secondary N) is 1. The molecule has 5 heteroatoms. The van der Waals surface area contributed by atoms with Crippen molar-refractivity contribution in [3.8, 4) is 0 Å². The normalized spacial score (nSPS) is 12.4. The highest BCUT2D eigenvalue weighted by Crippen LogP contribution is 2.20. The Labute approximate surface area is 103 Å². The summed E-state index contributed by atoms with van der Waals surface area (Å²) in [6, 6.07) is 2.28. The van der Waals surface area contributed by atoms with Crippen molar-refractivity contribution in [2.45, 2.75) is 19.5 Å². The molecular formula is C11H13BrN4. The van der Waals surface area contributed by atoms with Crippen molar-refractivity contribution >= 4 is 21.6 Å². The number of hydrogen-bond donors (Lipinski definition) is 1. The van der Waals surface area contributed by atoms with Crippen LogP contribution < -0.4 is 5.32 Å². The number of imidazole rings is 1. The molecule has 0 amide bonds. The predicted molar refractivity (Wildman–Crippen MR) is 67.2 cm³/mol. The largest absolute Gasteiger partial charge is 0.380 e. The van der Waals surface area contributed by atoms with E-state index in [0.29, 0.717) is 6.04 Å². The highest BCUT2D eigenvalue weighted by molar-refractivity contribution is 9.10. The molecule has 0 saturated heterocycles. The lowest BCUT2D eigenvalue weighted by molar-refractivity contribution is 0.618. The fourth-order valence-electron chi connectivity index (χ4n) is 1.51. The minimum Gasteiger partial charge on any atom is -0.380 e. The molecule has 0 aliphatic heterocycles. The van der Waals surface area contributed by atoms with E-state index in [9.17, 15) is 0 Å². The van der Waals surface area contributed by atoms with Crippen LogP contribution in [-0.2, 0) is 6.54 Å². The van der Waals surface area contributed by atoms with Crippen LogP contribution in [0.15, 0.2) is 41.7 Å². The zero-order valence-corrected chi connectivity index (χ0v) is 10.6. The van der Waals surface area contributed by atoms with E-state index in [-0.39, 0.29) is 0 Å². The first-order valence-corrected chi connectivity index (χ1v) is 5.87. The molecule has 84 valence electrons. The number of hydrogen-bond acceptors (Lipinski definition) is 3. The summed E-state index contributed by atoms with van der Waals surface area (Å²) in [7, 11) is 0. The van der Waals surface area contributed by atoms with E-state index in [2.05, 4.69) is 38.1 Å². The Morgan fingerprint density at radius 1 is 1.44 bits per heavy atom. The highest BCUT2D eigenvalue weighted by atomic mass is 79.9. The summed E-state index contributed by atoms with van der Waals surface area (Å²) < 4.78 is 3.03. The lowest BCUT2D eigenvalue weighted by atomic mass is 10.3. The fraction of sp³-hybridized carbons (Fsp3) is 0.273. The van der Waals surface area contributed by atoms with Gasteiger partial charge in [-0.2, -0.15) is 0 Å². The molecule has 0 radical (unpaired) electrons. The van der Waals surface area contributed by atoms with E-state index in [1.807, 2.05) is 23.2 Å². The van der Waals surface area contributed by atoms with E-state index >= 15 is 0 Å². The first-order chi connectivity index (χ1) is 7.75. The molecule has 4 nitrogen and oxygen atoms in total. The average Bonchev–Trinajstić information content (AvgIpc) is 2.74. The van der Waals surface area contributed by atoms with E-state index < -0.39 is 0 Å². The van der Waals surface area contributed by atoms with Gasteiger partial charge >= 0.3 is 0 Å². The smallest absolute Gasteiger partial charge is 0.0946 e. The zero-order chi connectivity index (χ0) is 11.4. The van der Waals surface area contributed by atoms with Gasteiger partial charge in [0.1, 0.15) is 0 Å². The van der Waals surface area contributed by atoms with Gasteiger partial charge in [-0.1, -0.05) is 0 Å². The third kappa shape index (κ3) is 2.82. The number of halogens is 1. The quantitative estimate of drug-likeness (QED) is 0.936. The van der Waals surface area contributed by atoms with Gasteiger partial charge in [-0.15, -0.1) is 0 Å². The van der Waals surface area contributed by atoms with Crippen molar-refractivity contribution in [1.82, 2.24) is 14.5 Å². The highest BCUT2D eigenvalue weighted by Gasteiger charge is 2.05. The molecule has 1 unspecified atom stereocenters. The van der Waals surface area contributed by atoms with Crippen molar-refractivity contribution in [3.63, 3.8) is 0 Å². The first-order valence-electron chi connectivity index (χ1n) is 5.07. The van der Waals surface area contributed by atoms with Crippen molar-refractivity contribution < 1.29 is 0 Å². The molecule has 0 bridgehead atoms. The van der Waals surface area contributed by atoms with Crippen LogP contribution in [0.5, 0.6) is 0 Å². The number of anilines is 1. The second kappa shape index (κ2) is 5.12. The van der Waals surface area contributed by atoms with Gasteiger partial charge < -0.3 is 9.88 Å². The lowest BCUT2D eigenvalue weighted by Gasteiger charge is -2.16. The molecule has 0 aliphatic carbocycles. The Bertz CT molecular complexity index is 441. The van der Waals surface area contributed by atoms with Crippen LogP contribution in [0.3, 0.4) is 0 Å². The molecule has 0 aliphatic rings. The van der Waals surface area contributed by atoms with Crippen LogP contribution in [0, 0.1) is 0 Å². The minimum atomic E-state index is 0.327. The van der Waals surface area contributed by atoms with Crippen molar-refractivity contribution in [3.05, 3.63) is 41.7 Å². The van der Waals surface area contributed by atoms with Gasteiger partial charge in [0.15, 0.2) is 0 Å². The first kappa shape index (κ1) is 11.1. The summed E-state index contributed by atoms with van der Waals surface area (Å²) in [6.07, 6.45) is 9.12. The van der Waals surface area contributed by atoms with Crippen LogP contribution in [0.25, 0.3) is 0 Å². The second-order valence-electron chi connectivity index (χ2n) is 3.66. The van der Waals surface area contributed by atoms with Crippen LogP contribution >= 0.6 is 15.9 Å². The molecule has 2 heterocycles. The van der Waals surface area contributed by atoms with Crippen LogP contribution in [0.2, 0.25) is 0 Å². The summed E-state index contributed by atoms with van der Waals surface area (Å²) in [5.74, 6) is 0. The fourth-order valence-corrected chi connectivity index (χ4v) is 1.88. The van der Waals surface area contributed by atoms with E-state index in [4.69, 9.17) is 0 Å². The Morgan fingerprint density at radius 3 is 3.00 bits per heavy atom. The molecule has 2 aromatic heterocycles. The third-order valence-corrected chi connectivity index (χ3v) is 2.85. The van der Waals surface area contributed by atoms with Crippen molar-refractivity contribution in [2.75, 3.05) is 5.32 Å². The Balaban J connectivity index is 1.97. The van der Waals surface area contributed by atoms with Gasteiger partial charge in [-0.05, 0) is 28.9 Å². The summed E-state index contributed by atoms with van der Waals surface area (Å²) in [4.78, 5) is 8.04. The Morgan fingerprint density at radius 2 is 2.31 bits per heavy atom. The third-order valence-electron chi connectivity index (χ3n) is 2.22. The Kier molecular flexibility index (Phi) is 3.56. The maximum atomic E-state index is 4.03. The molecular weight excluding hydrogens is 268 g/mol. The van der Waals surface area contributed by atoms with E-state index in [1.165, 1.54) is 0 Å². The molecule has 0 saturated carbocycles.